The zero-order valence-electron chi connectivity index (χ0n) is 10.3. The van der Waals surface area contributed by atoms with Crippen molar-refractivity contribution < 1.29 is 0 Å². The van der Waals surface area contributed by atoms with Gasteiger partial charge in [-0.2, -0.15) is 0 Å². The van der Waals surface area contributed by atoms with Crippen molar-refractivity contribution in [3.63, 3.8) is 0 Å². The van der Waals surface area contributed by atoms with Crippen LogP contribution >= 0.6 is 0 Å². The number of nitrogens with one attached hydrogen (secondary N) is 1. The summed E-state index contributed by atoms with van der Waals surface area (Å²) >= 11 is 0. The summed E-state index contributed by atoms with van der Waals surface area (Å²) in [4.78, 5) is 6.67. The number of hydrogen-bond acceptors (Lipinski definition) is 3. The third-order valence-corrected chi connectivity index (χ3v) is 3.36. The van der Waals surface area contributed by atoms with E-state index in [-0.39, 0.29) is 5.84 Å². The van der Waals surface area contributed by atoms with Gasteiger partial charge in [0.15, 0.2) is 0 Å². The normalized spacial score (nSPS) is 19.6. The summed E-state index contributed by atoms with van der Waals surface area (Å²) in [5, 5.41) is 7.44. The van der Waals surface area contributed by atoms with E-state index in [1.807, 2.05) is 6.07 Å². The number of nitrogen functional groups attached to an aromatic ring is 1. The Morgan fingerprint density at radius 2 is 2.47 bits per heavy atom. The molecule has 4 heteroatoms. The largest absolute Gasteiger partial charge is 0.384 e. The number of nitrogens with zero attached hydrogens (tertiary/aromatic N) is 2. The first kappa shape index (κ1) is 11.9. The van der Waals surface area contributed by atoms with Crippen LogP contribution in [0, 0.1) is 11.3 Å². The SMILES string of the molecule is CCCC1CCN(c2cc(C(=N)N)ccn2)C1. The summed E-state index contributed by atoms with van der Waals surface area (Å²) < 4.78 is 0. The Balaban J connectivity index is 2.08. The highest BCUT2D eigenvalue weighted by Gasteiger charge is 2.22. The minimum Gasteiger partial charge on any atom is -0.384 e. The second-order valence-electron chi connectivity index (χ2n) is 4.71. The summed E-state index contributed by atoms with van der Waals surface area (Å²) in [6, 6.07) is 3.70. The minimum atomic E-state index is 0.109. The van der Waals surface area contributed by atoms with E-state index in [1.54, 1.807) is 12.3 Å². The smallest absolute Gasteiger partial charge is 0.129 e. The second-order valence-corrected chi connectivity index (χ2v) is 4.71. The van der Waals surface area contributed by atoms with Crippen LogP contribution in [0.15, 0.2) is 18.3 Å². The summed E-state index contributed by atoms with van der Waals surface area (Å²) in [6.45, 7) is 4.39. The molecule has 92 valence electrons. The van der Waals surface area contributed by atoms with E-state index in [0.29, 0.717) is 0 Å². The van der Waals surface area contributed by atoms with Crippen LogP contribution < -0.4 is 10.6 Å². The van der Waals surface area contributed by atoms with Gasteiger partial charge in [0.25, 0.3) is 0 Å². The molecule has 2 heterocycles. The number of hydrogen-bond donors (Lipinski definition) is 2. The molecule has 1 aliphatic rings. The van der Waals surface area contributed by atoms with Crippen LogP contribution in [0.1, 0.15) is 31.7 Å². The van der Waals surface area contributed by atoms with E-state index in [0.717, 1.165) is 30.4 Å². The highest BCUT2D eigenvalue weighted by molar-refractivity contribution is 5.95. The first-order valence-corrected chi connectivity index (χ1v) is 6.26. The van der Waals surface area contributed by atoms with Crippen molar-refractivity contribution in [2.24, 2.45) is 11.7 Å². The van der Waals surface area contributed by atoms with Crippen LogP contribution in [0.5, 0.6) is 0 Å². The van der Waals surface area contributed by atoms with Crippen molar-refractivity contribution in [1.82, 2.24) is 4.98 Å². The van der Waals surface area contributed by atoms with Crippen LogP contribution in [-0.2, 0) is 0 Å². The lowest BCUT2D eigenvalue weighted by molar-refractivity contribution is 0.529. The van der Waals surface area contributed by atoms with Crippen molar-refractivity contribution in [3.05, 3.63) is 23.9 Å². The molecule has 1 fully saturated rings. The molecule has 1 aromatic heterocycles. The lowest BCUT2D eigenvalue weighted by Crippen LogP contribution is -2.21. The highest BCUT2D eigenvalue weighted by Crippen LogP contribution is 2.25. The molecule has 2 rings (SSSR count). The number of amidine groups is 1. The molecule has 0 radical (unpaired) electrons. The maximum absolute atomic E-state index is 7.44. The molecule has 0 amide bonds. The molecule has 1 atom stereocenters. The second kappa shape index (κ2) is 5.17. The predicted molar refractivity (Wildman–Crippen MR) is 70.5 cm³/mol. The van der Waals surface area contributed by atoms with Crippen molar-refractivity contribution in [1.29, 1.82) is 5.41 Å². The van der Waals surface area contributed by atoms with E-state index in [2.05, 4.69) is 16.8 Å². The number of nitrogens with two attached hydrogens (primary N) is 1. The van der Waals surface area contributed by atoms with E-state index >= 15 is 0 Å². The van der Waals surface area contributed by atoms with E-state index in [9.17, 15) is 0 Å². The number of rotatable bonds is 4. The van der Waals surface area contributed by atoms with E-state index in [4.69, 9.17) is 11.1 Å². The van der Waals surface area contributed by atoms with Crippen LogP contribution in [0.4, 0.5) is 5.82 Å². The fraction of sp³-hybridized carbons (Fsp3) is 0.538. The lowest BCUT2D eigenvalue weighted by Gasteiger charge is -2.18. The quantitative estimate of drug-likeness (QED) is 0.616. The molecule has 1 saturated heterocycles. The van der Waals surface area contributed by atoms with E-state index in [1.165, 1.54) is 19.3 Å². The van der Waals surface area contributed by atoms with Gasteiger partial charge in [-0.3, -0.25) is 5.41 Å². The molecule has 0 bridgehead atoms. The van der Waals surface area contributed by atoms with Crippen molar-refractivity contribution in [3.8, 4) is 0 Å². The number of aromatic nitrogens is 1. The van der Waals surface area contributed by atoms with Gasteiger partial charge in [-0.05, 0) is 30.9 Å². The fourth-order valence-corrected chi connectivity index (χ4v) is 2.44. The maximum Gasteiger partial charge on any atom is 0.129 e. The molecule has 17 heavy (non-hydrogen) atoms. The zero-order valence-corrected chi connectivity index (χ0v) is 10.3. The van der Waals surface area contributed by atoms with Gasteiger partial charge in [0.05, 0.1) is 0 Å². The zero-order chi connectivity index (χ0) is 12.3. The molecule has 1 unspecified atom stereocenters. The molecule has 1 aliphatic heterocycles. The molecule has 0 saturated carbocycles. The Hall–Kier alpha value is -1.58. The van der Waals surface area contributed by atoms with Crippen LogP contribution in [0.25, 0.3) is 0 Å². The molecule has 0 spiro atoms. The Morgan fingerprint density at radius 3 is 3.18 bits per heavy atom. The molecule has 0 aromatic carbocycles. The van der Waals surface area contributed by atoms with Gasteiger partial charge < -0.3 is 10.6 Å². The Kier molecular flexibility index (Phi) is 3.61. The summed E-state index contributed by atoms with van der Waals surface area (Å²) in [7, 11) is 0. The lowest BCUT2D eigenvalue weighted by atomic mass is 10.0. The molecule has 4 nitrogen and oxygen atoms in total. The molecular formula is C13H20N4. The predicted octanol–water partition coefficient (Wildman–Crippen LogP) is 1.99. The standard InChI is InChI=1S/C13H20N4/c1-2-3-10-5-7-17(9-10)12-8-11(13(14)15)4-6-16-12/h4,6,8,10H,2-3,5,7,9H2,1H3,(H3,14,15). The fourth-order valence-electron chi connectivity index (χ4n) is 2.44. The van der Waals surface area contributed by atoms with Crippen LogP contribution in [0.3, 0.4) is 0 Å². The van der Waals surface area contributed by atoms with Crippen LogP contribution in [0.2, 0.25) is 0 Å². The van der Waals surface area contributed by atoms with Crippen molar-refractivity contribution in [2.45, 2.75) is 26.2 Å². The molecule has 1 aromatic rings. The van der Waals surface area contributed by atoms with Gasteiger partial charge >= 0.3 is 0 Å². The summed E-state index contributed by atoms with van der Waals surface area (Å²) in [5.41, 5.74) is 6.25. The van der Waals surface area contributed by atoms with Crippen molar-refractivity contribution >= 4 is 11.7 Å². The highest BCUT2D eigenvalue weighted by atomic mass is 15.2. The Labute approximate surface area is 102 Å². The van der Waals surface area contributed by atoms with Gasteiger partial charge in [-0.1, -0.05) is 13.3 Å². The Bertz CT molecular complexity index is 402. The minimum absolute atomic E-state index is 0.109. The third-order valence-electron chi connectivity index (χ3n) is 3.36. The first-order chi connectivity index (χ1) is 8.20. The van der Waals surface area contributed by atoms with Crippen LogP contribution in [-0.4, -0.2) is 23.9 Å². The maximum atomic E-state index is 7.44. The summed E-state index contributed by atoms with van der Waals surface area (Å²) in [6.07, 6.45) is 5.53. The van der Waals surface area contributed by atoms with Gasteiger partial charge in [-0.25, -0.2) is 4.98 Å². The van der Waals surface area contributed by atoms with E-state index < -0.39 is 0 Å². The van der Waals surface area contributed by atoms with Gasteiger partial charge in [-0.15, -0.1) is 0 Å². The molecular weight excluding hydrogens is 212 g/mol. The first-order valence-electron chi connectivity index (χ1n) is 6.26. The topological polar surface area (TPSA) is 66.0 Å². The third kappa shape index (κ3) is 2.75. The average molecular weight is 232 g/mol. The van der Waals surface area contributed by atoms with Gasteiger partial charge in [0.1, 0.15) is 11.7 Å². The van der Waals surface area contributed by atoms with Crippen molar-refractivity contribution in [2.75, 3.05) is 18.0 Å². The number of anilines is 1. The molecule has 3 N–H and O–H groups in total. The summed E-state index contributed by atoms with van der Waals surface area (Å²) in [5.74, 6) is 1.86. The number of pyridine rings is 1. The molecule has 0 aliphatic carbocycles. The van der Waals surface area contributed by atoms with Gasteiger partial charge in [0.2, 0.25) is 0 Å². The average Bonchev–Trinajstić information content (AvgIpc) is 2.78. The Morgan fingerprint density at radius 1 is 1.65 bits per heavy atom. The monoisotopic (exact) mass is 232 g/mol. The van der Waals surface area contributed by atoms with Gasteiger partial charge in [0, 0.05) is 24.8 Å².